The van der Waals surface area contributed by atoms with E-state index < -0.39 is 0 Å². The summed E-state index contributed by atoms with van der Waals surface area (Å²) >= 11 is 6.28. The Morgan fingerprint density at radius 2 is 2.19 bits per heavy atom. The number of fused-ring (bicyclic) bond motifs is 1. The first-order valence-corrected chi connectivity index (χ1v) is 7.44. The fourth-order valence-electron chi connectivity index (χ4n) is 2.44. The fourth-order valence-corrected chi connectivity index (χ4v) is 2.61. The van der Waals surface area contributed by atoms with Gasteiger partial charge in [-0.1, -0.05) is 6.07 Å². The number of imidazole rings is 1. The molecule has 0 N–H and O–H groups in total. The highest BCUT2D eigenvalue weighted by Gasteiger charge is 2.15. The summed E-state index contributed by atoms with van der Waals surface area (Å²) in [5.74, 6) is 0.869. The van der Waals surface area contributed by atoms with Crippen LogP contribution in [0.4, 0.5) is 0 Å². The number of aryl methyl sites for hydroxylation is 3. The monoisotopic (exact) mass is 300 g/mol. The summed E-state index contributed by atoms with van der Waals surface area (Å²) in [7, 11) is 0. The molecule has 5 heteroatoms. The zero-order chi connectivity index (χ0) is 14.8. The Bertz CT molecular complexity index is 750. The summed E-state index contributed by atoms with van der Waals surface area (Å²) in [6.45, 7) is 4.76. The third-order valence-electron chi connectivity index (χ3n) is 3.45. The van der Waals surface area contributed by atoms with Crippen LogP contribution in [0.2, 0.25) is 0 Å². The van der Waals surface area contributed by atoms with Gasteiger partial charge in [-0.2, -0.15) is 0 Å². The Balaban J connectivity index is 1.97. The van der Waals surface area contributed by atoms with Gasteiger partial charge in [-0.3, -0.25) is 4.98 Å². The summed E-state index contributed by atoms with van der Waals surface area (Å²) in [4.78, 5) is 13.3. The molecule has 0 saturated heterocycles. The highest BCUT2D eigenvalue weighted by Crippen LogP contribution is 2.24. The molecule has 3 rings (SSSR count). The van der Waals surface area contributed by atoms with Crippen LogP contribution in [0.1, 0.15) is 29.3 Å². The van der Waals surface area contributed by atoms with E-state index in [2.05, 4.69) is 25.6 Å². The maximum atomic E-state index is 6.28. The molecule has 0 fully saturated rings. The van der Waals surface area contributed by atoms with Crippen molar-refractivity contribution in [1.82, 2.24) is 19.5 Å². The van der Waals surface area contributed by atoms with Crippen molar-refractivity contribution in [2.75, 3.05) is 0 Å². The second-order valence-electron chi connectivity index (χ2n) is 5.20. The van der Waals surface area contributed by atoms with Gasteiger partial charge in [0.1, 0.15) is 11.3 Å². The van der Waals surface area contributed by atoms with E-state index in [1.165, 1.54) is 5.56 Å². The van der Waals surface area contributed by atoms with Crippen LogP contribution >= 0.6 is 11.6 Å². The molecule has 108 valence electrons. The highest BCUT2D eigenvalue weighted by atomic mass is 35.5. The van der Waals surface area contributed by atoms with Crippen LogP contribution in [0.5, 0.6) is 0 Å². The lowest BCUT2D eigenvalue weighted by molar-refractivity contribution is 0.662. The van der Waals surface area contributed by atoms with Gasteiger partial charge < -0.3 is 4.57 Å². The van der Waals surface area contributed by atoms with Gasteiger partial charge in [0.25, 0.3) is 0 Å². The van der Waals surface area contributed by atoms with Crippen molar-refractivity contribution in [2.45, 2.75) is 32.2 Å². The molecule has 3 aromatic heterocycles. The van der Waals surface area contributed by atoms with Crippen molar-refractivity contribution >= 4 is 22.8 Å². The topological polar surface area (TPSA) is 43.6 Å². The molecule has 0 saturated carbocycles. The summed E-state index contributed by atoms with van der Waals surface area (Å²) in [6.07, 6.45) is 6.42. The number of alkyl halides is 1. The lowest BCUT2D eigenvalue weighted by Crippen LogP contribution is -2.07. The number of rotatable bonds is 4. The lowest BCUT2D eigenvalue weighted by Gasteiger charge is -2.09. The van der Waals surface area contributed by atoms with Crippen molar-refractivity contribution in [3.63, 3.8) is 0 Å². The van der Waals surface area contributed by atoms with Crippen LogP contribution in [0.3, 0.4) is 0 Å². The fraction of sp³-hybridized carbons (Fsp3) is 0.312. The van der Waals surface area contributed by atoms with Crippen LogP contribution < -0.4 is 0 Å². The van der Waals surface area contributed by atoms with Crippen LogP contribution in [0, 0.1) is 6.92 Å². The minimum absolute atomic E-state index is 0.145. The molecule has 0 aliphatic carbocycles. The first kappa shape index (κ1) is 14.0. The van der Waals surface area contributed by atoms with Crippen molar-refractivity contribution < 1.29 is 0 Å². The van der Waals surface area contributed by atoms with Gasteiger partial charge in [0, 0.05) is 25.1 Å². The van der Waals surface area contributed by atoms with Crippen LogP contribution in [0.15, 0.2) is 36.8 Å². The predicted molar refractivity (Wildman–Crippen MR) is 84.5 cm³/mol. The minimum Gasteiger partial charge on any atom is -0.311 e. The maximum absolute atomic E-state index is 6.28. The van der Waals surface area contributed by atoms with Crippen molar-refractivity contribution in [1.29, 1.82) is 0 Å². The van der Waals surface area contributed by atoms with Crippen molar-refractivity contribution in [3.05, 3.63) is 53.7 Å². The Morgan fingerprint density at radius 3 is 2.90 bits per heavy atom. The molecule has 0 spiro atoms. The van der Waals surface area contributed by atoms with Gasteiger partial charge in [0.15, 0.2) is 5.65 Å². The molecular formula is C16H17ClN4. The van der Waals surface area contributed by atoms with Gasteiger partial charge in [-0.25, -0.2) is 9.97 Å². The molecule has 0 aliphatic heterocycles. The highest BCUT2D eigenvalue weighted by molar-refractivity contribution is 6.20. The first-order chi connectivity index (χ1) is 10.1. The average molecular weight is 301 g/mol. The Labute approximate surface area is 128 Å². The molecule has 0 amide bonds. The van der Waals surface area contributed by atoms with E-state index >= 15 is 0 Å². The smallest absolute Gasteiger partial charge is 0.160 e. The van der Waals surface area contributed by atoms with Gasteiger partial charge >= 0.3 is 0 Å². The summed E-state index contributed by atoms with van der Waals surface area (Å²) < 4.78 is 2.11. The lowest BCUT2D eigenvalue weighted by atomic mass is 10.2. The van der Waals surface area contributed by atoms with E-state index in [9.17, 15) is 0 Å². The summed E-state index contributed by atoms with van der Waals surface area (Å²) in [5.41, 5.74) is 4.10. The molecule has 0 bridgehead atoms. The molecule has 3 aromatic rings. The predicted octanol–water partition coefficient (Wildman–Crippen LogP) is 3.68. The van der Waals surface area contributed by atoms with E-state index in [0.29, 0.717) is 0 Å². The molecule has 1 atom stereocenters. The molecular weight excluding hydrogens is 284 g/mol. The second kappa shape index (κ2) is 5.82. The third kappa shape index (κ3) is 2.90. The Kier molecular flexibility index (Phi) is 3.88. The SMILES string of the molecule is Cc1cnc2c(c1)nc(C(C)Cl)n2CCc1cccnc1. The largest absolute Gasteiger partial charge is 0.311 e. The molecule has 3 heterocycles. The molecule has 4 nitrogen and oxygen atoms in total. The molecule has 0 aromatic carbocycles. The third-order valence-corrected chi connectivity index (χ3v) is 3.65. The van der Waals surface area contributed by atoms with Gasteiger partial charge in [0.2, 0.25) is 0 Å². The van der Waals surface area contributed by atoms with Crippen LogP contribution in [0.25, 0.3) is 11.2 Å². The minimum atomic E-state index is -0.145. The maximum Gasteiger partial charge on any atom is 0.160 e. The Morgan fingerprint density at radius 1 is 1.33 bits per heavy atom. The summed E-state index contributed by atoms with van der Waals surface area (Å²) in [5, 5.41) is -0.145. The van der Waals surface area contributed by atoms with E-state index in [-0.39, 0.29) is 5.38 Å². The van der Waals surface area contributed by atoms with Crippen LogP contribution in [-0.4, -0.2) is 19.5 Å². The van der Waals surface area contributed by atoms with Crippen molar-refractivity contribution in [3.8, 4) is 0 Å². The van der Waals surface area contributed by atoms with E-state index in [1.807, 2.05) is 38.4 Å². The number of nitrogens with zero attached hydrogens (tertiary/aromatic N) is 4. The van der Waals surface area contributed by atoms with Gasteiger partial charge in [-0.15, -0.1) is 11.6 Å². The average Bonchev–Trinajstić information content (AvgIpc) is 2.84. The molecule has 0 aliphatic rings. The normalized spacial score (nSPS) is 12.7. The quantitative estimate of drug-likeness (QED) is 0.690. The number of hydrogen-bond acceptors (Lipinski definition) is 3. The van der Waals surface area contributed by atoms with Crippen LogP contribution in [-0.2, 0) is 13.0 Å². The molecule has 0 radical (unpaired) electrons. The Hall–Kier alpha value is -1.94. The molecule has 21 heavy (non-hydrogen) atoms. The number of halogens is 1. The number of aromatic nitrogens is 4. The van der Waals surface area contributed by atoms with E-state index in [4.69, 9.17) is 11.6 Å². The van der Waals surface area contributed by atoms with Gasteiger partial charge in [-0.05, 0) is 43.5 Å². The number of pyridine rings is 2. The van der Waals surface area contributed by atoms with E-state index in [0.717, 1.165) is 35.5 Å². The summed E-state index contributed by atoms with van der Waals surface area (Å²) in [6, 6.07) is 6.08. The zero-order valence-corrected chi connectivity index (χ0v) is 12.9. The second-order valence-corrected chi connectivity index (χ2v) is 5.86. The molecule has 1 unspecified atom stereocenters. The zero-order valence-electron chi connectivity index (χ0n) is 12.1. The standard InChI is InChI=1S/C16H17ClN4/c1-11-8-14-16(19-9-11)21(15(20-14)12(2)17)7-5-13-4-3-6-18-10-13/h3-4,6,8-10,12H,5,7H2,1-2H3. The van der Waals surface area contributed by atoms with Crippen molar-refractivity contribution in [2.24, 2.45) is 0 Å². The van der Waals surface area contributed by atoms with E-state index in [1.54, 1.807) is 6.20 Å². The first-order valence-electron chi connectivity index (χ1n) is 7.01. The number of hydrogen-bond donors (Lipinski definition) is 0. The van der Waals surface area contributed by atoms with Gasteiger partial charge in [0.05, 0.1) is 5.38 Å².